The third-order valence-electron chi connectivity index (χ3n) is 9.41. The van der Waals surface area contributed by atoms with Crippen LogP contribution in [-0.2, 0) is 11.2 Å². The van der Waals surface area contributed by atoms with Crippen LogP contribution in [0.3, 0.4) is 0 Å². The molecule has 3 aliphatic rings. The van der Waals surface area contributed by atoms with Gasteiger partial charge in [-0.2, -0.15) is 0 Å². The minimum Gasteiger partial charge on any atom is -0.508 e. The van der Waals surface area contributed by atoms with Gasteiger partial charge in [0.15, 0.2) is 0 Å². The summed E-state index contributed by atoms with van der Waals surface area (Å²) in [7, 11) is 3.27. The summed E-state index contributed by atoms with van der Waals surface area (Å²) in [5.74, 6) is 1.92. The molecule has 5 atom stereocenters. The topological polar surface area (TPSA) is 107 Å². The number of aliphatic hydroxyl groups is 2. The quantitative estimate of drug-likeness (QED) is 0.232. The van der Waals surface area contributed by atoms with Crippen molar-refractivity contribution in [3.8, 4) is 28.7 Å². The molecule has 0 bridgehead atoms. The highest BCUT2D eigenvalue weighted by Gasteiger charge is 2.47. The van der Waals surface area contributed by atoms with E-state index in [1.54, 1.807) is 32.4 Å². The molecule has 0 unspecified atom stereocenters. The summed E-state index contributed by atoms with van der Waals surface area (Å²) < 4.78 is 30.3. The lowest BCUT2D eigenvalue weighted by molar-refractivity contribution is -0.0890. The van der Waals surface area contributed by atoms with Gasteiger partial charge in [0.2, 0.25) is 0 Å². The number of ether oxygens (including phenoxy) is 5. The number of aromatic hydroxyl groups is 1. The summed E-state index contributed by atoms with van der Waals surface area (Å²) in [6.07, 6.45) is 5.63. The average Bonchev–Trinajstić information content (AvgIpc) is 3.03. The summed E-state index contributed by atoms with van der Waals surface area (Å²) in [6, 6.07) is 16.6. The molecule has 3 N–H and O–H groups in total. The second-order valence-corrected chi connectivity index (χ2v) is 12.4. The number of phenolic OH excluding ortho intramolecular Hbond substituents is 1. The van der Waals surface area contributed by atoms with Crippen LogP contribution in [0.2, 0.25) is 0 Å². The fourth-order valence-electron chi connectivity index (χ4n) is 7.19. The lowest BCUT2D eigenvalue weighted by Crippen LogP contribution is -2.46. The van der Waals surface area contributed by atoms with Crippen molar-refractivity contribution in [2.24, 2.45) is 11.8 Å². The van der Waals surface area contributed by atoms with Gasteiger partial charge in [-0.1, -0.05) is 18.6 Å². The van der Waals surface area contributed by atoms with E-state index in [2.05, 4.69) is 0 Å². The van der Waals surface area contributed by atoms with E-state index < -0.39 is 24.0 Å². The molecule has 8 nitrogen and oxygen atoms in total. The SMILES string of the molecule is COCCC[C@H]1Oc2ccc(OC3CCCCC3)cc2[C@H](O)[C@@H]1[C@H]1COc2c(Cc3cccc(O)c3)cc(OC)cc2[C@H]1O. The van der Waals surface area contributed by atoms with Crippen LogP contribution in [0.4, 0.5) is 0 Å². The summed E-state index contributed by atoms with van der Waals surface area (Å²) in [4.78, 5) is 0. The van der Waals surface area contributed by atoms with Gasteiger partial charge in [0.25, 0.3) is 0 Å². The number of methoxy groups -OCH3 is 2. The number of benzene rings is 3. The van der Waals surface area contributed by atoms with Crippen molar-refractivity contribution in [1.29, 1.82) is 0 Å². The molecular weight excluding hydrogens is 560 g/mol. The van der Waals surface area contributed by atoms with Gasteiger partial charge in [0.05, 0.1) is 32.0 Å². The predicted octanol–water partition coefficient (Wildman–Crippen LogP) is 6.28. The molecule has 236 valence electrons. The van der Waals surface area contributed by atoms with Gasteiger partial charge in [0, 0.05) is 48.7 Å². The number of hydrogen-bond donors (Lipinski definition) is 3. The number of phenols is 1. The molecule has 0 saturated heterocycles. The second kappa shape index (κ2) is 13.7. The average molecular weight is 605 g/mol. The van der Waals surface area contributed by atoms with Gasteiger partial charge in [-0.3, -0.25) is 0 Å². The van der Waals surface area contributed by atoms with Crippen LogP contribution in [0.5, 0.6) is 28.7 Å². The highest BCUT2D eigenvalue weighted by atomic mass is 16.5. The Bertz CT molecular complexity index is 1420. The molecule has 3 aromatic rings. The Labute approximate surface area is 259 Å². The van der Waals surface area contributed by atoms with Gasteiger partial charge >= 0.3 is 0 Å². The molecule has 2 heterocycles. The van der Waals surface area contributed by atoms with E-state index >= 15 is 0 Å². The van der Waals surface area contributed by atoms with Crippen molar-refractivity contribution in [1.82, 2.24) is 0 Å². The summed E-state index contributed by atoms with van der Waals surface area (Å²) in [5.41, 5.74) is 3.07. The third kappa shape index (κ3) is 6.48. The normalized spacial score (nSPS) is 24.9. The number of rotatable bonds is 10. The number of hydrogen-bond acceptors (Lipinski definition) is 8. The lowest BCUT2D eigenvalue weighted by Gasteiger charge is -2.45. The first-order chi connectivity index (χ1) is 21.4. The van der Waals surface area contributed by atoms with E-state index in [0.29, 0.717) is 47.8 Å². The van der Waals surface area contributed by atoms with Crippen molar-refractivity contribution in [2.45, 2.75) is 75.8 Å². The Morgan fingerprint density at radius 3 is 2.48 bits per heavy atom. The fraction of sp³-hybridized carbons (Fsp3) is 0.500. The van der Waals surface area contributed by atoms with Crippen molar-refractivity contribution >= 4 is 0 Å². The molecule has 1 aliphatic carbocycles. The van der Waals surface area contributed by atoms with Crippen molar-refractivity contribution in [3.05, 3.63) is 76.9 Å². The number of aliphatic hydroxyl groups excluding tert-OH is 2. The van der Waals surface area contributed by atoms with Gasteiger partial charge in [-0.25, -0.2) is 0 Å². The molecule has 1 fully saturated rings. The zero-order valence-electron chi connectivity index (χ0n) is 25.6. The van der Waals surface area contributed by atoms with E-state index in [9.17, 15) is 15.3 Å². The van der Waals surface area contributed by atoms with Crippen LogP contribution in [0.15, 0.2) is 54.6 Å². The molecule has 0 aromatic heterocycles. The molecule has 6 rings (SSSR count). The first-order valence-electron chi connectivity index (χ1n) is 15.9. The first-order valence-corrected chi connectivity index (χ1v) is 15.9. The Kier molecular flexibility index (Phi) is 9.50. The summed E-state index contributed by atoms with van der Waals surface area (Å²) >= 11 is 0. The maximum absolute atomic E-state index is 12.0. The van der Waals surface area contributed by atoms with E-state index in [1.807, 2.05) is 36.4 Å². The molecule has 0 radical (unpaired) electrons. The molecule has 8 heteroatoms. The predicted molar refractivity (Wildman–Crippen MR) is 166 cm³/mol. The van der Waals surface area contributed by atoms with E-state index in [1.165, 1.54) is 19.3 Å². The Balaban J connectivity index is 1.31. The van der Waals surface area contributed by atoms with Crippen LogP contribution >= 0.6 is 0 Å². The monoisotopic (exact) mass is 604 g/mol. The summed E-state index contributed by atoms with van der Waals surface area (Å²) in [5, 5.41) is 34.0. The highest BCUT2D eigenvalue weighted by Crippen LogP contribution is 2.51. The number of fused-ring (bicyclic) bond motifs is 2. The van der Waals surface area contributed by atoms with Crippen LogP contribution in [0.25, 0.3) is 0 Å². The minimum absolute atomic E-state index is 0.190. The highest BCUT2D eigenvalue weighted by molar-refractivity contribution is 5.52. The van der Waals surface area contributed by atoms with E-state index in [4.69, 9.17) is 23.7 Å². The maximum atomic E-state index is 12.0. The largest absolute Gasteiger partial charge is 0.508 e. The molecule has 44 heavy (non-hydrogen) atoms. The molecular formula is C36H44O8. The van der Waals surface area contributed by atoms with E-state index in [0.717, 1.165) is 36.1 Å². The van der Waals surface area contributed by atoms with Crippen molar-refractivity contribution in [2.75, 3.05) is 27.4 Å². The van der Waals surface area contributed by atoms with Gasteiger partial charge in [-0.15, -0.1) is 0 Å². The Morgan fingerprint density at radius 2 is 1.70 bits per heavy atom. The summed E-state index contributed by atoms with van der Waals surface area (Å²) in [6.45, 7) is 0.791. The first kappa shape index (κ1) is 30.6. The van der Waals surface area contributed by atoms with Gasteiger partial charge in [0.1, 0.15) is 34.9 Å². The smallest absolute Gasteiger partial charge is 0.128 e. The minimum atomic E-state index is -0.923. The van der Waals surface area contributed by atoms with E-state index in [-0.39, 0.29) is 24.6 Å². The van der Waals surface area contributed by atoms with Crippen molar-refractivity contribution < 1.29 is 39.0 Å². The van der Waals surface area contributed by atoms with Crippen LogP contribution < -0.4 is 18.9 Å². The molecule has 3 aromatic carbocycles. The molecule has 1 saturated carbocycles. The molecule has 2 aliphatic heterocycles. The standard InChI is InChI=1S/C36H44O8/c1-40-15-7-12-32-33(35(39)28-19-26(13-14-31(28)44-32)43-25-10-4-3-5-11-25)30-21-42-36-23(16-22-8-6-9-24(37)17-22)18-27(41-2)20-29(36)34(30)38/h6,8-9,13-14,17-20,25,30,32-35,37-39H,3-5,7,10-12,15-16,21H2,1-2H3/t30-,32-,33-,34-,35+/m1/s1. The molecule has 0 spiro atoms. The van der Waals surface area contributed by atoms with Gasteiger partial charge < -0.3 is 39.0 Å². The lowest BCUT2D eigenvalue weighted by atomic mass is 9.72. The van der Waals surface area contributed by atoms with Crippen LogP contribution in [0.1, 0.15) is 79.4 Å². The Morgan fingerprint density at radius 1 is 0.886 bits per heavy atom. The fourth-order valence-corrected chi connectivity index (χ4v) is 7.19. The van der Waals surface area contributed by atoms with Crippen LogP contribution in [-0.4, -0.2) is 55.0 Å². The Hall–Kier alpha value is -3.46. The van der Waals surface area contributed by atoms with Crippen molar-refractivity contribution in [3.63, 3.8) is 0 Å². The third-order valence-corrected chi connectivity index (χ3v) is 9.41. The maximum Gasteiger partial charge on any atom is 0.128 e. The molecule has 0 amide bonds. The second-order valence-electron chi connectivity index (χ2n) is 12.4. The zero-order chi connectivity index (χ0) is 30.6. The van der Waals surface area contributed by atoms with Crippen LogP contribution in [0, 0.1) is 11.8 Å². The zero-order valence-corrected chi connectivity index (χ0v) is 25.6. The van der Waals surface area contributed by atoms with Gasteiger partial charge in [-0.05, 0) is 86.6 Å².